The van der Waals surface area contributed by atoms with Crippen molar-refractivity contribution in [1.82, 2.24) is 10.2 Å². The number of fused-ring (bicyclic) bond motifs is 1. The van der Waals surface area contributed by atoms with Crippen LogP contribution in [0.4, 0.5) is 14.9 Å². The molecular formula is C13H14FN3O2. The zero-order valence-electron chi connectivity index (χ0n) is 10.2. The van der Waals surface area contributed by atoms with Crippen LogP contribution in [0.25, 0.3) is 0 Å². The second-order valence-electron chi connectivity index (χ2n) is 4.95. The molecule has 1 aromatic carbocycles. The van der Waals surface area contributed by atoms with Crippen LogP contribution in [-0.4, -0.2) is 42.1 Å². The quantitative estimate of drug-likeness (QED) is 0.793. The molecule has 0 aliphatic carbocycles. The summed E-state index contributed by atoms with van der Waals surface area (Å²) in [4.78, 5) is 24.8. The van der Waals surface area contributed by atoms with Gasteiger partial charge in [-0.25, -0.2) is 9.18 Å². The number of carbonyl (C=O) groups is 2. The highest BCUT2D eigenvalue weighted by Gasteiger charge is 2.57. The Bertz CT molecular complexity index is 522. The molecule has 2 saturated heterocycles. The van der Waals surface area contributed by atoms with Crippen LogP contribution < -0.4 is 10.6 Å². The van der Waals surface area contributed by atoms with E-state index in [0.29, 0.717) is 12.2 Å². The summed E-state index contributed by atoms with van der Waals surface area (Å²) in [5.41, 5.74) is -1.27. The minimum absolute atomic E-state index is 0.178. The Kier molecular flexibility index (Phi) is 2.66. The van der Waals surface area contributed by atoms with E-state index >= 15 is 0 Å². The van der Waals surface area contributed by atoms with Gasteiger partial charge in [-0.05, 0) is 12.1 Å². The molecule has 3 rings (SSSR count). The Morgan fingerprint density at radius 2 is 2.16 bits per heavy atom. The smallest absolute Gasteiger partial charge is 0.321 e. The number of amides is 3. The van der Waals surface area contributed by atoms with Crippen LogP contribution in [0.1, 0.15) is 0 Å². The fraction of sp³-hybridized carbons (Fsp3) is 0.385. The summed E-state index contributed by atoms with van der Waals surface area (Å²) in [5, 5.41) is 5.19. The lowest BCUT2D eigenvalue weighted by Crippen LogP contribution is -2.42. The Morgan fingerprint density at radius 1 is 1.42 bits per heavy atom. The van der Waals surface area contributed by atoms with E-state index in [1.165, 1.54) is 4.90 Å². The number of halogens is 1. The Labute approximate surface area is 109 Å². The Morgan fingerprint density at radius 3 is 2.84 bits per heavy atom. The predicted molar refractivity (Wildman–Crippen MR) is 67.4 cm³/mol. The van der Waals surface area contributed by atoms with E-state index in [2.05, 4.69) is 10.6 Å². The minimum atomic E-state index is -1.92. The van der Waals surface area contributed by atoms with Crippen LogP contribution in [-0.2, 0) is 4.79 Å². The molecule has 2 atom stereocenters. The normalized spacial score (nSPS) is 29.0. The number of para-hydroxylation sites is 1. The van der Waals surface area contributed by atoms with Crippen LogP contribution in [0.15, 0.2) is 30.3 Å². The van der Waals surface area contributed by atoms with Gasteiger partial charge in [0.1, 0.15) is 0 Å². The van der Waals surface area contributed by atoms with E-state index in [4.69, 9.17) is 0 Å². The van der Waals surface area contributed by atoms with Gasteiger partial charge >= 0.3 is 6.03 Å². The second kappa shape index (κ2) is 4.22. The minimum Gasteiger partial charge on any atom is -0.353 e. The molecule has 2 N–H and O–H groups in total. The van der Waals surface area contributed by atoms with Crippen LogP contribution in [0.2, 0.25) is 0 Å². The molecule has 0 unspecified atom stereocenters. The van der Waals surface area contributed by atoms with Gasteiger partial charge in [-0.1, -0.05) is 18.2 Å². The Balaban J connectivity index is 1.69. The average molecular weight is 263 g/mol. The van der Waals surface area contributed by atoms with Crippen molar-refractivity contribution in [1.29, 1.82) is 0 Å². The predicted octanol–water partition coefficient (Wildman–Crippen LogP) is 0.988. The highest BCUT2D eigenvalue weighted by atomic mass is 19.1. The topological polar surface area (TPSA) is 61.4 Å². The largest absolute Gasteiger partial charge is 0.353 e. The maximum absolute atomic E-state index is 14.4. The van der Waals surface area contributed by atoms with Crippen molar-refractivity contribution in [2.24, 2.45) is 5.92 Å². The lowest BCUT2D eigenvalue weighted by atomic mass is 9.97. The summed E-state index contributed by atoms with van der Waals surface area (Å²) in [6, 6.07) is 8.60. The summed E-state index contributed by atoms with van der Waals surface area (Å²) < 4.78 is 14.4. The molecule has 2 fully saturated rings. The van der Waals surface area contributed by atoms with Crippen molar-refractivity contribution in [2.45, 2.75) is 5.67 Å². The van der Waals surface area contributed by atoms with E-state index in [0.717, 1.165) is 0 Å². The first-order valence-electron chi connectivity index (χ1n) is 6.18. The highest BCUT2D eigenvalue weighted by Crippen LogP contribution is 2.35. The fourth-order valence-electron chi connectivity index (χ4n) is 2.61. The zero-order valence-corrected chi connectivity index (χ0v) is 10.2. The van der Waals surface area contributed by atoms with Gasteiger partial charge in [-0.15, -0.1) is 0 Å². The molecule has 2 heterocycles. The molecule has 0 aromatic heterocycles. The van der Waals surface area contributed by atoms with E-state index < -0.39 is 17.5 Å². The standard InChI is InChI=1S/C13H14FN3O2/c14-13-8-17(7-9(13)6-15-11(13)18)12(19)16-10-4-2-1-3-5-10/h1-5,9H,6-8H2,(H,15,18)(H,16,19)/t9-,13-/m1/s1. The first-order valence-corrected chi connectivity index (χ1v) is 6.18. The van der Waals surface area contributed by atoms with Crippen LogP contribution in [0.5, 0.6) is 0 Å². The third kappa shape index (κ3) is 1.93. The highest BCUT2D eigenvalue weighted by molar-refractivity contribution is 5.93. The first-order chi connectivity index (χ1) is 9.09. The van der Waals surface area contributed by atoms with Crippen molar-refractivity contribution < 1.29 is 14.0 Å². The van der Waals surface area contributed by atoms with Crippen molar-refractivity contribution in [3.8, 4) is 0 Å². The fourth-order valence-corrected chi connectivity index (χ4v) is 2.61. The first kappa shape index (κ1) is 12.0. The van der Waals surface area contributed by atoms with Gasteiger partial charge in [-0.3, -0.25) is 4.79 Å². The third-order valence-electron chi connectivity index (χ3n) is 3.71. The SMILES string of the molecule is O=C(Nc1ccccc1)N1C[C@H]2CNC(=O)[C@@]2(F)C1. The van der Waals surface area contributed by atoms with Gasteiger partial charge in [0.2, 0.25) is 5.67 Å². The lowest BCUT2D eigenvalue weighted by molar-refractivity contribution is -0.129. The van der Waals surface area contributed by atoms with Gasteiger partial charge in [0, 0.05) is 24.7 Å². The molecule has 0 spiro atoms. The van der Waals surface area contributed by atoms with Crippen LogP contribution in [0.3, 0.4) is 0 Å². The lowest BCUT2D eigenvalue weighted by Gasteiger charge is -2.19. The van der Waals surface area contributed by atoms with E-state index in [9.17, 15) is 14.0 Å². The maximum atomic E-state index is 14.4. The molecule has 2 aliphatic heterocycles. The van der Waals surface area contributed by atoms with Gasteiger partial charge in [0.25, 0.3) is 5.91 Å². The summed E-state index contributed by atoms with van der Waals surface area (Å²) in [7, 11) is 0. The number of rotatable bonds is 1. The van der Waals surface area contributed by atoms with Crippen molar-refractivity contribution in [3.05, 3.63) is 30.3 Å². The van der Waals surface area contributed by atoms with Crippen molar-refractivity contribution >= 4 is 17.6 Å². The molecule has 0 saturated carbocycles. The van der Waals surface area contributed by atoms with Crippen molar-refractivity contribution in [2.75, 3.05) is 25.0 Å². The number of nitrogens with zero attached hydrogens (tertiary/aromatic N) is 1. The molecule has 100 valence electrons. The number of carbonyl (C=O) groups excluding carboxylic acids is 2. The number of benzene rings is 1. The third-order valence-corrected chi connectivity index (χ3v) is 3.71. The number of alkyl halides is 1. The number of urea groups is 1. The average Bonchev–Trinajstić information content (AvgIpc) is 2.87. The van der Waals surface area contributed by atoms with Gasteiger partial charge in [-0.2, -0.15) is 0 Å². The number of hydrogen-bond acceptors (Lipinski definition) is 2. The second-order valence-corrected chi connectivity index (χ2v) is 4.95. The molecule has 0 radical (unpaired) electrons. The summed E-state index contributed by atoms with van der Waals surface area (Å²) in [6.45, 7) is 0.376. The zero-order chi connectivity index (χ0) is 13.5. The molecule has 6 heteroatoms. The summed E-state index contributed by atoms with van der Waals surface area (Å²) in [6.07, 6.45) is 0. The molecule has 0 bridgehead atoms. The van der Waals surface area contributed by atoms with Crippen LogP contribution >= 0.6 is 0 Å². The monoisotopic (exact) mass is 263 g/mol. The summed E-state index contributed by atoms with van der Waals surface area (Å²) >= 11 is 0. The molecule has 1 aromatic rings. The number of anilines is 1. The number of likely N-dealkylation sites (tertiary alicyclic amines) is 1. The van der Waals surface area contributed by atoms with Gasteiger partial charge in [0.05, 0.1) is 6.54 Å². The van der Waals surface area contributed by atoms with Gasteiger partial charge < -0.3 is 15.5 Å². The number of hydrogen-bond donors (Lipinski definition) is 2. The van der Waals surface area contributed by atoms with Gasteiger partial charge in [0.15, 0.2) is 0 Å². The molecule has 3 amide bonds. The molecule has 5 nitrogen and oxygen atoms in total. The van der Waals surface area contributed by atoms with E-state index in [1.807, 2.05) is 6.07 Å². The van der Waals surface area contributed by atoms with E-state index in [-0.39, 0.29) is 19.1 Å². The molecule has 19 heavy (non-hydrogen) atoms. The van der Waals surface area contributed by atoms with E-state index in [1.54, 1.807) is 24.3 Å². The molecule has 2 aliphatic rings. The maximum Gasteiger partial charge on any atom is 0.321 e. The summed E-state index contributed by atoms with van der Waals surface area (Å²) in [5.74, 6) is -1.05. The van der Waals surface area contributed by atoms with Crippen molar-refractivity contribution in [3.63, 3.8) is 0 Å². The number of nitrogens with one attached hydrogen (secondary N) is 2. The molecular weight excluding hydrogens is 249 g/mol. The Hall–Kier alpha value is -2.11. The van der Waals surface area contributed by atoms with Crippen LogP contribution in [0, 0.1) is 5.92 Å².